The van der Waals surface area contributed by atoms with E-state index in [-0.39, 0.29) is 24.2 Å². The lowest BCUT2D eigenvalue weighted by molar-refractivity contribution is -0.122. The third-order valence-electron chi connectivity index (χ3n) is 4.13. The van der Waals surface area contributed by atoms with Gasteiger partial charge in [-0.25, -0.2) is 4.98 Å². The molecule has 1 aliphatic rings. The van der Waals surface area contributed by atoms with Gasteiger partial charge in [0.15, 0.2) is 0 Å². The Kier molecular flexibility index (Phi) is 4.94. The molecule has 0 spiro atoms. The van der Waals surface area contributed by atoms with Gasteiger partial charge in [-0.2, -0.15) is 0 Å². The van der Waals surface area contributed by atoms with E-state index in [1.165, 1.54) is 0 Å². The summed E-state index contributed by atoms with van der Waals surface area (Å²) < 4.78 is 0. The first kappa shape index (κ1) is 16.6. The zero-order valence-electron chi connectivity index (χ0n) is 13.8. The fourth-order valence-corrected chi connectivity index (χ4v) is 3.33. The number of aromatic nitrogens is 1. The molecule has 1 aliphatic carbocycles. The van der Waals surface area contributed by atoms with Crippen LogP contribution in [0.25, 0.3) is 10.6 Å². The minimum absolute atomic E-state index is 0.0680. The van der Waals surface area contributed by atoms with Crippen LogP contribution in [-0.2, 0) is 9.59 Å². The summed E-state index contributed by atoms with van der Waals surface area (Å²) in [6.07, 6.45) is 1.24. The molecule has 0 unspecified atom stereocenters. The van der Waals surface area contributed by atoms with E-state index in [2.05, 4.69) is 22.5 Å². The molecule has 1 aromatic carbocycles. The molecule has 1 fully saturated rings. The normalized spacial score (nSPS) is 18.9. The number of nitrogens with one attached hydrogen (secondary N) is 2. The second-order valence-electron chi connectivity index (χ2n) is 6.28. The van der Waals surface area contributed by atoms with Gasteiger partial charge in [0.25, 0.3) is 0 Å². The van der Waals surface area contributed by atoms with Gasteiger partial charge in [0.2, 0.25) is 11.8 Å². The van der Waals surface area contributed by atoms with Crippen LogP contribution in [0.4, 0.5) is 5.69 Å². The first-order valence-electron chi connectivity index (χ1n) is 8.13. The van der Waals surface area contributed by atoms with Crippen LogP contribution >= 0.6 is 11.3 Å². The van der Waals surface area contributed by atoms with Crippen LogP contribution < -0.4 is 10.6 Å². The lowest BCUT2D eigenvalue weighted by atomic mass is 10.2. The molecular formula is C18H21N3O2S. The van der Waals surface area contributed by atoms with Crippen molar-refractivity contribution < 1.29 is 9.59 Å². The van der Waals surface area contributed by atoms with E-state index >= 15 is 0 Å². The molecule has 2 atom stereocenters. The number of thiazole rings is 1. The summed E-state index contributed by atoms with van der Waals surface area (Å²) in [5.41, 5.74) is 2.80. The molecule has 0 aliphatic heterocycles. The SMILES string of the molecule is Cc1csc(-c2ccc(NC(=O)CCNC(=O)[C@H]3C[C@H]3C)cc2)n1. The van der Waals surface area contributed by atoms with Crippen LogP contribution in [0.15, 0.2) is 29.6 Å². The minimum atomic E-state index is -0.100. The summed E-state index contributed by atoms with van der Waals surface area (Å²) in [6, 6.07) is 7.64. The van der Waals surface area contributed by atoms with E-state index in [4.69, 9.17) is 0 Å². The molecule has 126 valence electrons. The third-order valence-corrected chi connectivity index (χ3v) is 5.14. The van der Waals surface area contributed by atoms with Gasteiger partial charge in [0, 0.05) is 41.2 Å². The zero-order valence-corrected chi connectivity index (χ0v) is 14.7. The number of hydrogen-bond acceptors (Lipinski definition) is 4. The monoisotopic (exact) mass is 343 g/mol. The molecule has 1 saturated carbocycles. The Bertz CT molecular complexity index is 739. The van der Waals surface area contributed by atoms with E-state index in [1.54, 1.807) is 11.3 Å². The Balaban J connectivity index is 1.45. The molecule has 0 bridgehead atoms. The smallest absolute Gasteiger partial charge is 0.226 e. The first-order valence-corrected chi connectivity index (χ1v) is 9.01. The number of anilines is 1. The summed E-state index contributed by atoms with van der Waals surface area (Å²) in [4.78, 5) is 28.1. The first-order chi connectivity index (χ1) is 11.5. The van der Waals surface area contributed by atoms with Crippen molar-refractivity contribution in [1.82, 2.24) is 10.3 Å². The standard InChI is InChI=1S/C18H21N3O2S/c1-11-9-15(11)17(23)19-8-7-16(22)21-14-5-3-13(4-6-14)18-20-12(2)10-24-18/h3-6,10-11,15H,7-9H2,1-2H3,(H,19,23)(H,21,22)/t11-,15+/m1/s1. The van der Waals surface area contributed by atoms with E-state index in [0.29, 0.717) is 12.5 Å². The fraction of sp³-hybridized carbons (Fsp3) is 0.389. The second kappa shape index (κ2) is 7.13. The van der Waals surface area contributed by atoms with Crippen LogP contribution in [-0.4, -0.2) is 23.3 Å². The molecule has 5 nitrogen and oxygen atoms in total. The largest absolute Gasteiger partial charge is 0.355 e. The topological polar surface area (TPSA) is 71.1 Å². The van der Waals surface area contributed by atoms with Crippen molar-refractivity contribution in [2.75, 3.05) is 11.9 Å². The Hall–Kier alpha value is -2.21. The van der Waals surface area contributed by atoms with Gasteiger partial charge in [-0.15, -0.1) is 11.3 Å². The van der Waals surface area contributed by atoms with Crippen LogP contribution in [0.2, 0.25) is 0 Å². The highest BCUT2D eigenvalue weighted by Crippen LogP contribution is 2.37. The lowest BCUT2D eigenvalue weighted by Crippen LogP contribution is -2.29. The summed E-state index contributed by atoms with van der Waals surface area (Å²) in [7, 11) is 0. The van der Waals surface area contributed by atoms with Gasteiger partial charge < -0.3 is 10.6 Å². The Morgan fingerprint density at radius 3 is 2.58 bits per heavy atom. The maximum atomic E-state index is 11.9. The van der Waals surface area contributed by atoms with Crippen LogP contribution in [0.1, 0.15) is 25.5 Å². The molecular weight excluding hydrogens is 322 g/mol. The molecule has 0 radical (unpaired) electrons. The number of benzene rings is 1. The summed E-state index contributed by atoms with van der Waals surface area (Å²) in [5, 5.41) is 8.65. The third kappa shape index (κ3) is 4.20. The summed E-state index contributed by atoms with van der Waals surface area (Å²) in [6.45, 7) is 4.41. The van der Waals surface area contributed by atoms with Crippen LogP contribution in [0.3, 0.4) is 0 Å². The van der Waals surface area contributed by atoms with Crippen LogP contribution in [0.5, 0.6) is 0 Å². The maximum Gasteiger partial charge on any atom is 0.226 e. The van der Waals surface area contributed by atoms with Gasteiger partial charge >= 0.3 is 0 Å². The number of carbonyl (C=O) groups is 2. The number of rotatable bonds is 6. The van der Waals surface area contributed by atoms with Crippen molar-refractivity contribution in [1.29, 1.82) is 0 Å². The van der Waals surface area contributed by atoms with E-state index < -0.39 is 0 Å². The maximum absolute atomic E-state index is 11.9. The summed E-state index contributed by atoms with van der Waals surface area (Å²) in [5.74, 6) is 0.601. The molecule has 1 aromatic heterocycles. The quantitative estimate of drug-likeness (QED) is 0.846. The highest BCUT2D eigenvalue weighted by Gasteiger charge is 2.38. The van der Waals surface area contributed by atoms with Crippen LogP contribution in [0, 0.1) is 18.8 Å². The van der Waals surface area contributed by atoms with Gasteiger partial charge in [0.05, 0.1) is 0 Å². The Morgan fingerprint density at radius 1 is 1.29 bits per heavy atom. The molecule has 0 saturated heterocycles. The van der Waals surface area contributed by atoms with E-state index in [9.17, 15) is 9.59 Å². The molecule has 24 heavy (non-hydrogen) atoms. The van der Waals surface area contributed by atoms with Crippen molar-refractivity contribution in [3.8, 4) is 10.6 Å². The lowest BCUT2D eigenvalue weighted by Gasteiger charge is -2.07. The molecule has 2 amide bonds. The highest BCUT2D eigenvalue weighted by atomic mass is 32.1. The predicted octanol–water partition coefficient (Wildman–Crippen LogP) is 3.22. The van der Waals surface area contributed by atoms with Gasteiger partial charge in [-0.05, 0) is 43.5 Å². The zero-order chi connectivity index (χ0) is 17.1. The average Bonchev–Trinajstić information content (AvgIpc) is 3.13. The minimum Gasteiger partial charge on any atom is -0.355 e. The van der Waals surface area contributed by atoms with Crippen molar-refractivity contribution >= 4 is 28.8 Å². The number of hydrogen-bond donors (Lipinski definition) is 2. The molecule has 3 rings (SSSR count). The van der Waals surface area contributed by atoms with Crippen molar-refractivity contribution in [3.63, 3.8) is 0 Å². The van der Waals surface area contributed by atoms with E-state index in [1.807, 2.05) is 36.6 Å². The molecule has 6 heteroatoms. The van der Waals surface area contributed by atoms with E-state index in [0.717, 1.165) is 28.4 Å². The number of nitrogens with zero attached hydrogens (tertiary/aromatic N) is 1. The second-order valence-corrected chi connectivity index (χ2v) is 7.14. The average molecular weight is 343 g/mol. The number of aryl methyl sites for hydroxylation is 1. The predicted molar refractivity (Wildman–Crippen MR) is 95.8 cm³/mol. The van der Waals surface area contributed by atoms with Gasteiger partial charge in [-0.3, -0.25) is 9.59 Å². The number of carbonyl (C=O) groups excluding carboxylic acids is 2. The highest BCUT2D eigenvalue weighted by molar-refractivity contribution is 7.13. The van der Waals surface area contributed by atoms with Gasteiger partial charge in [-0.1, -0.05) is 6.92 Å². The molecule has 2 N–H and O–H groups in total. The van der Waals surface area contributed by atoms with Crippen molar-refractivity contribution in [3.05, 3.63) is 35.3 Å². The number of amides is 2. The van der Waals surface area contributed by atoms with Gasteiger partial charge in [0.1, 0.15) is 5.01 Å². The molecule has 1 heterocycles. The Labute approximate surface area is 145 Å². The molecule has 2 aromatic rings. The van der Waals surface area contributed by atoms with Crippen molar-refractivity contribution in [2.45, 2.75) is 26.7 Å². The summed E-state index contributed by atoms with van der Waals surface area (Å²) >= 11 is 1.60. The Morgan fingerprint density at radius 2 is 2.00 bits per heavy atom. The fourth-order valence-electron chi connectivity index (χ4n) is 2.52. The van der Waals surface area contributed by atoms with Crippen molar-refractivity contribution in [2.24, 2.45) is 11.8 Å².